The van der Waals surface area contributed by atoms with Crippen LogP contribution in [-0.2, 0) is 0 Å². The van der Waals surface area contributed by atoms with Crippen LogP contribution in [0.4, 0.5) is 5.13 Å². The molecule has 1 N–H and O–H groups in total. The van der Waals surface area contributed by atoms with Gasteiger partial charge in [0.15, 0.2) is 10.9 Å². The van der Waals surface area contributed by atoms with E-state index in [1.165, 1.54) is 24.2 Å². The van der Waals surface area contributed by atoms with Gasteiger partial charge in [0.05, 0.1) is 0 Å². The first-order chi connectivity index (χ1) is 6.66. The molecule has 0 bridgehead atoms. The summed E-state index contributed by atoms with van der Waals surface area (Å²) in [5.74, 6) is 0.163. The van der Waals surface area contributed by atoms with Crippen LogP contribution in [0.3, 0.4) is 0 Å². The van der Waals surface area contributed by atoms with Crippen molar-refractivity contribution in [3.05, 3.63) is 11.1 Å². The maximum atomic E-state index is 11.6. The minimum absolute atomic E-state index is 0.0332. The molecule has 0 radical (unpaired) electrons. The molecule has 1 fully saturated rings. The van der Waals surface area contributed by atoms with Crippen LogP contribution in [0.15, 0.2) is 5.38 Å². The normalized spacial score (nSPS) is 15.9. The number of rotatable bonds is 4. The summed E-state index contributed by atoms with van der Waals surface area (Å²) in [6.45, 7) is 3.80. The smallest absolute Gasteiger partial charge is 0.184 e. The zero-order valence-corrected chi connectivity index (χ0v) is 9.23. The Bertz CT molecular complexity index is 342. The summed E-state index contributed by atoms with van der Waals surface area (Å²) >= 11 is 1.52. The summed E-state index contributed by atoms with van der Waals surface area (Å²) in [6, 6.07) is 0.600. The van der Waals surface area contributed by atoms with Crippen LogP contribution < -0.4 is 5.32 Å². The fourth-order valence-corrected chi connectivity index (χ4v) is 1.93. The Hall–Kier alpha value is -0.900. The molecule has 0 spiro atoms. The summed E-state index contributed by atoms with van der Waals surface area (Å²) in [5.41, 5.74) is 0.605. The molecule has 76 valence electrons. The van der Waals surface area contributed by atoms with Crippen LogP contribution in [-0.4, -0.2) is 16.8 Å². The maximum absolute atomic E-state index is 11.6. The van der Waals surface area contributed by atoms with E-state index in [0.29, 0.717) is 11.7 Å². The van der Waals surface area contributed by atoms with Crippen LogP contribution in [0, 0.1) is 5.92 Å². The predicted molar refractivity (Wildman–Crippen MR) is 57.9 cm³/mol. The van der Waals surface area contributed by atoms with Crippen molar-refractivity contribution < 1.29 is 4.79 Å². The number of aromatic nitrogens is 1. The Morgan fingerprint density at radius 2 is 2.36 bits per heavy atom. The molecule has 0 atom stereocenters. The lowest BCUT2D eigenvalue weighted by molar-refractivity contribution is 0.0935. The molecule has 14 heavy (non-hydrogen) atoms. The molecule has 0 aromatic carbocycles. The lowest BCUT2D eigenvalue weighted by atomic mass is 10.1. The highest BCUT2D eigenvalue weighted by Gasteiger charge is 2.22. The van der Waals surface area contributed by atoms with Crippen molar-refractivity contribution in [2.24, 2.45) is 5.92 Å². The fourth-order valence-electron chi connectivity index (χ4n) is 1.15. The third-order valence-electron chi connectivity index (χ3n) is 2.19. The highest BCUT2D eigenvalue weighted by molar-refractivity contribution is 7.13. The van der Waals surface area contributed by atoms with Gasteiger partial charge >= 0.3 is 0 Å². The predicted octanol–water partition coefficient (Wildman–Crippen LogP) is 2.56. The Kier molecular flexibility index (Phi) is 2.54. The van der Waals surface area contributed by atoms with Gasteiger partial charge < -0.3 is 5.32 Å². The average molecular weight is 210 g/mol. The van der Waals surface area contributed by atoms with Crippen molar-refractivity contribution in [1.29, 1.82) is 0 Å². The molecule has 0 aliphatic heterocycles. The summed E-state index contributed by atoms with van der Waals surface area (Å²) in [4.78, 5) is 15.8. The highest BCUT2D eigenvalue weighted by atomic mass is 32.1. The number of carbonyl (C=O) groups excluding carboxylic acids is 1. The van der Waals surface area contributed by atoms with Gasteiger partial charge in [0, 0.05) is 17.3 Å². The SMILES string of the molecule is CC(C)C(=O)c1csc(NC2CC2)n1. The molecule has 1 aliphatic rings. The molecule has 0 unspecified atom stereocenters. The van der Waals surface area contributed by atoms with Gasteiger partial charge in [0.25, 0.3) is 0 Å². The second-order valence-electron chi connectivity index (χ2n) is 3.98. The number of hydrogen-bond acceptors (Lipinski definition) is 4. The van der Waals surface area contributed by atoms with Crippen LogP contribution >= 0.6 is 11.3 Å². The fraction of sp³-hybridized carbons (Fsp3) is 0.600. The Balaban J connectivity index is 2.04. The molecule has 3 nitrogen and oxygen atoms in total. The van der Waals surface area contributed by atoms with Gasteiger partial charge in [-0.15, -0.1) is 11.3 Å². The van der Waals surface area contributed by atoms with Crippen LogP contribution in [0.25, 0.3) is 0 Å². The first-order valence-corrected chi connectivity index (χ1v) is 5.81. The van der Waals surface area contributed by atoms with Gasteiger partial charge in [-0.2, -0.15) is 0 Å². The van der Waals surface area contributed by atoms with Gasteiger partial charge in [-0.25, -0.2) is 4.98 Å². The van der Waals surface area contributed by atoms with Crippen LogP contribution in [0.5, 0.6) is 0 Å². The Morgan fingerprint density at radius 3 is 2.93 bits per heavy atom. The first kappa shape index (κ1) is 9.65. The quantitative estimate of drug-likeness (QED) is 0.776. The number of thiazole rings is 1. The monoisotopic (exact) mass is 210 g/mol. The van der Waals surface area contributed by atoms with Gasteiger partial charge in [-0.1, -0.05) is 13.8 Å². The summed E-state index contributed by atoms with van der Waals surface area (Å²) in [7, 11) is 0. The van der Waals surface area contributed by atoms with E-state index in [1.807, 2.05) is 19.2 Å². The third kappa shape index (κ3) is 2.12. The minimum atomic E-state index is 0.0332. The summed E-state index contributed by atoms with van der Waals surface area (Å²) in [6.07, 6.45) is 2.46. The number of nitrogens with zero attached hydrogens (tertiary/aromatic N) is 1. The van der Waals surface area contributed by atoms with E-state index < -0.39 is 0 Å². The molecule has 1 saturated carbocycles. The van der Waals surface area contributed by atoms with Crippen molar-refractivity contribution in [3.63, 3.8) is 0 Å². The van der Waals surface area contributed by atoms with E-state index in [2.05, 4.69) is 10.3 Å². The number of ketones is 1. The third-order valence-corrected chi connectivity index (χ3v) is 2.96. The molecule has 1 aliphatic carbocycles. The standard InChI is InChI=1S/C10H14N2OS/c1-6(2)9(13)8-5-14-10(12-8)11-7-3-4-7/h5-7H,3-4H2,1-2H3,(H,11,12). The van der Waals surface area contributed by atoms with E-state index in [9.17, 15) is 4.79 Å². The topological polar surface area (TPSA) is 42.0 Å². The molecule has 2 rings (SSSR count). The molecule has 4 heteroatoms. The van der Waals surface area contributed by atoms with Crippen LogP contribution in [0.1, 0.15) is 37.2 Å². The van der Waals surface area contributed by atoms with Crippen molar-refractivity contribution in [3.8, 4) is 0 Å². The van der Waals surface area contributed by atoms with Crippen molar-refractivity contribution in [1.82, 2.24) is 4.98 Å². The lowest BCUT2D eigenvalue weighted by Gasteiger charge is -1.99. The molecule has 0 amide bonds. The van der Waals surface area contributed by atoms with E-state index in [1.54, 1.807) is 0 Å². The summed E-state index contributed by atoms with van der Waals surface area (Å²) < 4.78 is 0. The van der Waals surface area contributed by atoms with E-state index >= 15 is 0 Å². The molecular weight excluding hydrogens is 196 g/mol. The van der Waals surface area contributed by atoms with Crippen molar-refractivity contribution >= 4 is 22.3 Å². The number of hydrogen-bond donors (Lipinski definition) is 1. The number of nitrogens with one attached hydrogen (secondary N) is 1. The van der Waals surface area contributed by atoms with Crippen LogP contribution in [0.2, 0.25) is 0 Å². The second-order valence-corrected chi connectivity index (χ2v) is 4.83. The van der Waals surface area contributed by atoms with Gasteiger partial charge in [-0.05, 0) is 12.8 Å². The molecule has 1 heterocycles. The van der Waals surface area contributed by atoms with Crippen molar-refractivity contribution in [2.45, 2.75) is 32.7 Å². The summed E-state index contributed by atoms with van der Waals surface area (Å²) in [5, 5.41) is 6.01. The number of anilines is 1. The molecule has 0 saturated heterocycles. The van der Waals surface area contributed by atoms with Gasteiger partial charge in [0.1, 0.15) is 5.69 Å². The molecule has 1 aromatic heterocycles. The van der Waals surface area contributed by atoms with Crippen molar-refractivity contribution in [2.75, 3.05) is 5.32 Å². The number of Topliss-reactive ketones (excluding diaryl/α,β-unsaturated/α-hetero) is 1. The van der Waals surface area contributed by atoms with E-state index in [-0.39, 0.29) is 11.7 Å². The average Bonchev–Trinajstić information content (AvgIpc) is 2.81. The van der Waals surface area contributed by atoms with E-state index in [0.717, 1.165) is 5.13 Å². The first-order valence-electron chi connectivity index (χ1n) is 4.93. The maximum Gasteiger partial charge on any atom is 0.184 e. The lowest BCUT2D eigenvalue weighted by Crippen LogP contribution is -2.08. The minimum Gasteiger partial charge on any atom is -0.359 e. The zero-order valence-electron chi connectivity index (χ0n) is 8.41. The number of carbonyl (C=O) groups is 1. The second kappa shape index (κ2) is 3.69. The largest absolute Gasteiger partial charge is 0.359 e. The highest BCUT2D eigenvalue weighted by Crippen LogP contribution is 2.27. The van der Waals surface area contributed by atoms with Gasteiger partial charge in [0.2, 0.25) is 0 Å². The Morgan fingerprint density at radius 1 is 1.64 bits per heavy atom. The molecule has 1 aromatic rings. The zero-order chi connectivity index (χ0) is 10.1. The Labute approximate surface area is 87.6 Å². The van der Waals surface area contributed by atoms with Gasteiger partial charge in [-0.3, -0.25) is 4.79 Å². The molecular formula is C10H14N2OS. The van der Waals surface area contributed by atoms with E-state index in [4.69, 9.17) is 0 Å².